The minimum absolute atomic E-state index is 0.0533. The third-order valence-corrected chi connectivity index (χ3v) is 13.3. The van der Waals surface area contributed by atoms with E-state index in [-0.39, 0.29) is 33.7 Å². The molecule has 0 N–H and O–H groups in total. The molecule has 0 amide bonds. The summed E-state index contributed by atoms with van der Waals surface area (Å²) in [4.78, 5) is 44.6. The van der Waals surface area contributed by atoms with Gasteiger partial charge in [-0.1, -0.05) is 78.9 Å². The van der Waals surface area contributed by atoms with Crippen LogP contribution in [0.2, 0.25) is 0 Å². The van der Waals surface area contributed by atoms with Crippen LogP contribution in [0.5, 0.6) is 34.5 Å². The monoisotopic (exact) mass is 1310 g/mol. The van der Waals surface area contributed by atoms with Crippen molar-refractivity contribution >= 4 is 44.7 Å². The highest BCUT2D eigenvalue weighted by Crippen LogP contribution is 2.63. The van der Waals surface area contributed by atoms with Crippen LogP contribution < -0.4 is 28.4 Å². The zero-order valence-corrected chi connectivity index (χ0v) is 50.1. The molecule has 0 radical (unpaired) electrons. The third-order valence-electron chi connectivity index (χ3n) is 13.3. The lowest BCUT2D eigenvalue weighted by Gasteiger charge is -2.42. The van der Waals surface area contributed by atoms with Crippen molar-refractivity contribution in [1.29, 1.82) is 0 Å². The van der Waals surface area contributed by atoms with E-state index in [2.05, 4.69) is 4.74 Å². The topological polar surface area (TPSA) is 124 Å². The number of ether oxygens (including phenoxy) is 6. The van der Waals surface area contributed by atoms with Gasteiger partial charge in [-0.05, 0) is 151 Å². The van der Waals surface area contributed by atoms with E-state index in [1.165, 1.54) is 36.2 Å². The zero-order valence-electron chi connectivity index (χ0n) is 50.1. The van der Waals surface area contributed by atoms with E-state index in [9.17, 15) is 89.4 Å². The van der Waals surface area contributed by atoms with Crippen molar-refractivity contribution in [3.05, 3.63) is 192 Å². The molecule has 0 spiro atoms. The minimum atomic E-state index is -8.45. The summed E-state index contributed by atoms with van der Waals surface area (Å²) < 4.78 is 243. The van der Waals surface area contributed by atoms with Crippen LogP contribution >= 0.6 is 0 Å². The van der Waals surface area contributed by atoms with E-state index in [4.69, 9.17) is 23.7 Å². The van der Waals surface area contributed by atoms with Gasteiger partial charge in [0.05, 0.1) is 35.5 Å². The predicted octanol–water partition coefficient (Wildman–Crippen LogP) is 18.4. The molecule has 0 fully saturated rings. The van der Waals surface area contributed by atoms with Crippen LogP contribution in [0.1, 0.15) is 69.1 Å². The minimum Gasteiger partial charge on any atom is -0.497 e. The number of methoxy groups -OCH3 is 5. The predicted molar refractivity (Wildman–Crippen MR) is 312 cm³/mol. The van der Waals surface area contributed by atoms with E-state index in [1.807, 2.05) is 97.1 Å². The smallest absolute Gasteiger partial charge is 0.385 e. The van der Waals surface area contributed by atoms with Crippen molar-refractivity contribution in [1.82, 2.24) is 0 Å². The molecule has 8 rings (SSSR count). The van der Waals surface area contributed by atoms with Crippen LogP contribution in [0.4, 0.5) is 70.2 Å². The van der Waals surface area contributed by atoms with Crippen LogP contribution in [-0.2, 0) is 0 Å². The summed E-state index contributed by atoms with van der Waals surface area (Å²) in [6.45, 7) is 2.84. The second-order valence-corrected chi connectivity index (χ2v) is 19.6. The Labute approximate surface area is 516 Å². The van der Waals surface area contributed by atoms with Crippen molar-refractivity contribution in [2.45, 2.75) is 75.6 Å². The maximum Gasteiger partial charge on any atom is 0.385 e. The second kappa shape index (κ2) is 31.1. The normalized spacial score (nSPS) is 11.8. The number of carbonyl (C=O) groups is 4. The van der Waals surface area contributed by atoms with Gasteiger partial charge in [0, 0.05) is 22.3 Å². The van der Waals surface area contributed by atoms with Gasteiger partial charge in [0.1, 0.15) is 23.0 Å². The van der Waals surface area contributed by atoms with Gasteiger partial charge in [0.15, 0.2) is 41.2 Å². The Morgan fingerprint density at radius 1 is 0.337 bits per heavy atom. The number of para-hydroxylation sites is 2. The Kier molecular flexibility index (Phi) is 25.4. The lowest BCUT2D eigenvalue weighted by molar-refractivity contribution is -0.447. The molecule has 0 aliphatic heterocycles. The van der Waals surface area contributed by atoms with E-state index in [1.54, 1.807) is 92.7 Å². The summed E-state index contributed by atoms with van der Waals surface area (Å²) in [6, 6.07) is 47.9. The first-order valence-corrected chi connectivity index (χ1v) is 26.6. The molecule has 0 heterocycles. The number of carbonyl (C=O) groups excluding carboxylic acids is 4. The molecular weight excluding hydrogens is 1260 g/mol. The van der Waals surface area contributed by atoms with Crippen LogP contribution in [-0.4, -0.2) is 113 Å². The number of halogens is 16. The summed E-state index contributed by atoms with van der Waals surface area (Å²) in [7, 11) is 8.18. The molecule has 0 atom stereocenters. The number of hydrogen-bond donors (Lipinski definition) is 0. The maximum absolute atomic E-state index is 14.0. The van der Waals surface area contributed by atoms with Crippen LogP contribution in [0.3, 0.4) is 0 Å². The molecule has 8 aromatic carbocycles. The van der Waals surface area contributed by atoms with E-state index in [0.29, 0.717) is 16.7 Å². The molecule has 0 aliphatic rings. The van der Waals surface area contributed by atoms with Crippen molar-refractivity contribution in [3.8, 4) is 45.6 Å². The molecule has 494 valence electrons. The van der Waals surface area contributed by atoms with Gasteiger partial charge >= 0.3 is 47.9 Å². The molecule has 0 aliphatic carbocycles. The van der Waals surface area contributed by atoms with Crippen LogP contribution in [0, 0.1) is 0 Å². The molecule has 26 heteroatoms. The quantitative estimate of drug-likeness (QED) is 0.0538. The zero-order chi connectivity index (χ0) is 69.4. The number of fused-ring (bicyclic) bond motifs is 2. The first-order valence-electron chi connectivity index (χ1n) is 26.6. The molecule has 10 nitrogen and oxygen atoms in total. The Balaban J connectivity index is 0.000000277. The fourth-order valence-electron chi connectivity index (χ4n) is 7.83. The fourth-order valence-corrected chi connectivity index (χ4v) is 7.83. The van der Waals surface area contributed by atoms with Gasteiger partial charge in [-0.15, -0.1) is 0 Å². The van der Waals surface area contributed by atoms with Gasteiger partial charge in [-0.3, -0.25) is 19.2 Å². The van der Waals surface area contributed by atoms with Gasteiger partial charge in [-0.2, -0.15) is 61.5 Å². The Morgan fingerprint density at radius 3 is 0.935 bits per heavy atom. The van der Waals surface area contributed by atoms with Crippen molar-refractivity contribution in [2.24, 2.45) is 0 Å². The van der Waals surface area contributed by atoms with Gasteiger partial charge < -0.3 is 28.4 Å². The van der Waals surface area contributed by atoms with Crippen LogP contribution in [0.15, 0.2) is 170 Å². The summed E-state index contributed by atoms with van der Waals surface area (Å²) in [5.41, 5.74) is 4.61. The summed E-state index contributed by atoms with van der Waals surface area (Å²) >= 11 is 0. The average molecular weight is 1320 g/mol. The van der Waals surface area contributed by atoms with E-state index in [0.717, 1.165) is 57.7 Å². The number of hydrogen-bond acceptors (Lipinski definition) is 10. The Hall–Kier alpha value is -9.36. The number of alkyl halides is 16. The van der Waals surface area contributed by atoms with E-state index >= 15 is 0 Å². The number of Topliss-reactive ketones (excluding diaryl/α,β-unsaturated/α-hetero) is 4. The highest BCUT2D eigenvalue weighted by atomic mass is 19.4. The number of rotatable bonds is 20. The largest absolute Gasteiger partial charge is 0.497 e. The van der Waals surface area contributed by atoms with Crippen molar-refractivity contribution in [3.63, 3.8) is 0 Å². The number of benzene rings is 8. The van der Waals surface area contributed by atoms with Crippen molar-refractivity contribution in [2.75, 3.05) is 42.2 Å². The molecular formula is C66H58F16O10. The molecule has 0 bridgehead atoms. The first-order chi connectivity index (χ1) is 42.8. The molecule has 8 aromatic rings. The highest BCUT2D eigenvalue weighted by molar-refractivity contribution is 6.02. The summed E-state index contributed by atoms with van der Waals surface area (Å²) in [5.74, 6) is -52.0. The second-order valence-electron chi connectivity index (χ2n) is 19.6. The van der Waals surface area contributed by atoms with Crippen LogP contribution in [0.25, 0.3) is 32.7 Å². The maximum atomic E-state index is 14.0. The standard InChI is InChI=1S/C21H12F16O2.C14H14O2.C14H12O2.C9H10O2.C8H10O2/c1-9(38)10-2-3-12-7-13(5-4-11(12)6-10)39-8-15(24,25)17(28,29)19(32,33)21(36,37)20(34,35)18(30,31)16(26,27)14(22)23;1-15-13-7-3-11(4-8-13)12-5-9-14(16-2)10-6-12;1-9(15)11-3-5-14-8-12(10(2)16)4-6-13(14)7-11;1-7(10)8-3-5-9(11-2)6-4-8;1-9-7-5-3-4-6-8(7)10-2/h2-7,14H,8H2,1H3;3-10H,1-2H3;3-8H,1-2H3;3-6H,1-2H3;3-6H,1-2H3. The average Bonchev–Trinajstić information content (AvgIpc) is 0.701. The number of ketones is 4. The molecule has 92 heavy (non-hydrogen) atoms. The van der Waals surface area contributed by atoms with Crippen molar-refractivity contribution < 1.29 is 118 Å². The molecule has 0 saturated carbocycles. The third kappa shape index (κ3) is 17.4. The lowest BCUT2D eigenvalue weighted by Crippen LogP contribution is -2.74. The fraction of sp³-hybridized carbons (Fsp3) is 0.273. The molecule has 0 saturated heterocycles. The summed E-state index contributed by atoms with van der Waals surface area (Å²) in [6.07, 6.45) is -5.89. The van der Waals surface area contributed by atoms with E-state index < -0.39 is 66.0 Å². The highest BCUT2D eigenvalue weighted by Gasteiger charge is 2.93. The first kappa shape index (κ1) is 75.1. The van der Waals surface area contributed by atoms with Gasteiger partial charge in [0.25, 0.3) is 0 Å². The lowest BCUT2D eigenvalue weighted by atomic mass is 9.89. The van der Waals surface area contributed by atoms with Gasteiger partial charge in [0.2, 0.25) is 0 Å². The summed E-state index contributed by atoms with van der Waals surface area (Å²) in [5, 5.41) is 2.28. The molecule has 0 unspecified atom stereocenters. The molecule has 0 aromatic heterocycles. The Bertz CT molecular complexity index is 3660. The Morgan fingerprint density at radius 2 is 0.620 bits per heavy atom. The SMILES string of the molecule is CC(=O)c1ccc2cc(C(C)=O)ccc2c1.CC(=O)c1ccc2cc(OCC(F)(F)C(F)(F)C(F)(F)C(F)(F)C(F)(F)C(F)(F)C(F)(F)C(F)F)ccc2c1.COc1ccc(-c2ccc(OC)cc2)cc1.COc1ccc(C(C)=O)cc1.COc1ccccc1OC. The van der Waals surface area contributed by atoms with Gasteiger partial charge in [-0.25, -0.2) is 8.78 Å².